The lowest BCUT2D eigenvalue weighted by Gasteiger charge is -2.08. The molecule has 0 spiro atoms. The summed E-state index contributed by atoms with van der Waals surface area (Å²) in [5.74, 6) is 1.13. The predicted octanol–water partition coefficient (Wildman–Crippen LogP) is 2.82. The first-order valence-electron chi connectivity index (χ1n) is 7.51. The van der Waals surface area contributed by atoms with Crippen molar-refractivity contribution in [2.75, 3.05) is 5.32 Å². The lowest BCUT2D eigenvalue weighted by Crippen LogP contribution is -2.28. The highest BCUT2D eigenvalue weighted by atomic mass is 16.6. The van der Waals surface area contributed by atoms with Crippen LogP contribution in [0.5, 0.6) is 0 Å². The number of rotatable bonds is 4. The van der Waals surface area contributed by atoms with E-state index in [-0.39, 0.29) is 6.03 Å². The van der Waals surface area contributed by atoms with Gasteiger partial charge in [0.15, 0.2) is 0 Å². The van der Waals surface area contributed by atoms with Gasteiger partial charge in [-0.25, -0.2) is 14.4 Å². The van der Waals surface area contributed by atoms with Gasteiger partial charge in [0.05, 0.1) is 0 Å². The Balaban J connectivity index is 1.36. The van der Waals surface area contributed by atoms with Crippen LogP contribution in [0.25, 0.3) is 11.0 Å². The van der Waals surface area contributed by atoms with Gasteiger partial charge in [0.1, 0.15) is 16.9 Å². The molecule has 0 radical (unpaired) electrons. The van der Waals surface area contributed by atoms with E-state index in [2.05, 4.69) is 30.6 Å². The second kappa shape index (κ2) is 5.68. The number of hydrogen-bond acceptors (Lipinski definition) is 5. The number of hydrogen-bond donors (Lipinski definition) is 2. The van der Waals surface area contributed by atoms with Crippen molar-refractivity contribution in [2.45, 2.75) is 25.3 Å². The number of carbonyl (C=O) groups is 1. The van der Waals surface area contributed by atoms with Gasteiger partial charge in [0.25, 0.3) is 0 Å². The van der Waals surface area contributed by atoms with E-state index in [1.165, 1.54) is 12.8 Å². The minimum Gasteiger partial charge on any atom is -0.334 e. The minimum absolute atomic E-state index is 0.288. The van der Waals surface area contributed by atoms with Crippen LogP contribution in [-0.2, 0) is 6.54 Å². The topological polar surface area (TPSA) is 92.9 Å². The molecule has 0 atom stereocenters. The highest BCUT2D eigenvalue weighted by Crippen LogP contribution is 2.39. The summed E-state index contributed by atoms with van der Waals surface area (Å²) >= 11 is 0. The molecule has 1 aromatic carbocycles. The Labute approximate surface area is 132 Å². The highest BCUT2D eigenvalue weighted by molar-refractivity contribution is 5.88. The zero-order chi connectivity index (χ0) is 15.6. The fourth-order valence-electron chi connectivity index (χ4n) is 2.41. The molecule has 0 saturated heterocycles. The van der Waals surface area contributed by atoms with E-state index in [4.69, 9.17) is 0 Å². The standard InChI is InChI=1S/C16H15N5O2/c22-16(19-15-3-1-2-12(18-15)11-5-6-11)17-9-10-4-7-13-14(8-10)21-23-20-13/h1-4,7-8,11H,5-6,9H2,(H2,17,18,19,22). The molecule has 1 fully saturated rings. The Bertz CT molecular complexity index is 856. The summed E-state index contributed by atoms with van der Waals surface area (Å²) in [6.45, 7) is 0.386. The van der Waals surface area contributed by atoms with Gasteiger partial charge in [-0.1, -0.05) is 12.1 Å². The normalized spacial score (nSPS) is 13.9. The molecule has 2 amide bonds. The summed E-state index contributed by atoms with van der Waals surface area (Å²) in [4.78, 5) is 16.4. The van der Waals surface area contributed by atoms with Gasteiger partial charge < -0.3 is 5.32 Å². The first-order chi connectivity index (χ1) is 11.3. The van der Waals surface area contributed by atoms with Crippen LogP contribution in [0.2, 0.25) is 0 Å². The number of nitrogens with one attached hydrogen (secondary N) is 2. The van der Waals surface area contributed by atoms with Gasteiger partial charge in [0.2, 0.25) is 0 Å². The van der Waals surface area contributed by atoms with Crippen molar-refractivity contribution >= 4 is 22.9 Å². The molecule has 1 saturated carbocycles. The Hall–Kier alpha value is -2.96. The summed E-state index contributed by atoms with van der Waals surface area (Å²) in [5, 5.41) is 13.1. The summed E-state index contributed by atoms with van der Waals surface area (Å²) in [6, 6.07) is 10.9. The van der Waals surface area contributed by atoms with Crippen LogP contribution in [0.1, 0.15) is 30.0 Å². The molecule has 4 rings (SSSR count). The average Bonchev–Trinajstić information content (AvgIpc) is 3.31. The van der Waals surface area contributed by atoms with E-state index in [0.717, 1.165) is 11.3 Å². The molecule has 2 N–H and O–H groups in total. The molecular weight excluding hydrogens is 294 g/mol. The fraction of sp³-hybridized carbons (Fsp3) is 0.250. The third-order valence-corrected chi connectivity index (χ3v) is 3.78. The molecule has 3 aromatic rings. The quantitative estimate of drug-likeness (QED) is 0.773. The number of fused-ring (bicyclic) bond motifs is 1. The van der Waals surface area contributed by atoms with Crippen LogP contribution in [-0.4, -0.2) is 21.3 Å². The van der Waals surface area contributed by atoms with E-state index >= 15 is 0 Å². The first-order valence-corrected chi connectivity index (χ1v) is 7.51. The molecule has 2 aromatic heterocycles. The molecule has 0 aliphatic heterocycles. The molecule has 0 bridgehead atoms. The number of aromatic nitrogens is 3. The maximum Gasteiger partial charge on any atom is 0.320 e. The van der Waals surface area contributed by atoms with Crippen molar-refractivity contribution < 1.29 is 9.42 Å². The highest BCUT2D eigenvalue weighted by Gasteiger charge is 2.24. The van der Waals surface area contributed by atoms with E-state index in [1.54, 1.807) is 12.1 Å². The van der Waals surface area contributed by atoms with Crippen molar-refractivity contribution in [3.8, 4) is 0 Å². The summed E-state index contributed by atoms with van der Waals surface area (Å²) < 4.78 is 4.65. The number of amides is 2. The lowest BCUT2D eigenvalue weighted by atomic mass is 10.2. The van der Waals surface area contributed by atoms with Crippen molar-refractivity contribution in [1.82, 2.24) is 20.6 Å². The van der Waals surface area contributed by atoms with Gasteiger partial charge in [-0.2, -0.15) is 0 Å². The third-order valence-electron chi connectivity index (χ3n) is 3.78. The van der Waals surface area contributed by atoms with E-state index in [0.29, 0.717) is 29.3 Å². The Kier molecular flexibility index (Phi) is 3.38. The van der Waals surface area contributed by atoms with Crippen LogP contribution in [0.3, 0.4) is 0 Å². The number of benzene rings is 1. The summed E-state index contributed by atoms with van der Waals surface area (Å²) in [6.07, 6.45) is 2.37. The largest absolute Gasteiger partial charge is 0.334 e. The molecule has 1 aliphatic carbocycles. The predicted molar refractivity (Wildman–Crippen MR) is 83.9 cm³/mol. The number of urea groups is 1. The molecule has 116 valence electrons. The van der Waals surface area contributed by atoms with E-state index < -0.39 is 0 Å². The van der Waals surface area contributed by atoms with Crippen molar-refractivity contribution in [3.05, 3.63) is 47.7 Å². The summed E-state index contributed by atoms with van der Waals surface area (Å²) in [7, 11) is 0. The van der Waals surface area contributed by atoms with Crippen molar-refractivity contribution in [3.63, 3.8) is 0 Å². The minimum atomic E-state index is -0.288. The van der Waals surface area contributed by atoms with Crippen molar-refractivity contribution in [2.24, 2.45) is 0 Å². The SMILES string of the molecule is O=C(NCc1ccc2nonc2c1)Nc1cccc(C2CC2)n1. The van der Waals surface area contributed by atoms with Gasteiger partial charge in [-0.15, -0.1) is 0 Å². The van der Waals surface area contributed by atoms with Crippen LogP contribution in [0.15, 0.2) is 41.0 Å². The molecule has 7 nitrogen and oxygen atoms in total. The Morgan fingerprint density at radius 3 is 2.91 bits per heavy atom. The molecule has 0 unspecified atom stereocenters. The maximum atomic E-state index is 12.0. The fourth-order valence-corrected chi connectivity index (χ4v) is 2.41. The van der Waals surface area contributed by atoms with Gasteiger partial charge >= 0.3 is 6.03 Å². The van der Waals surface area contributed by atoms with Gasteiger partial charge in [0, 0.05) is 18.2 Å². The molecule has 1 aliphatic rings. The molecule has 2 heterocycles. The van der Waals surface area contributed by atoms with Gasteiger partial charge in [-0.05, 0) is 53.0 Å². The number of carbonyl (C=O) groups excluding carboxylic acids is 1. The summed E-state index contributed by atoms with van der Waals surface area (Å²) in [5.41, 5.74) is 3.33. The monoisotopic (exact) mass is 309 g/mol. The zero-order valence-corrected chi connectivity index (χ0v) is 12.3. The van der Waals surface area contributed by atoms with Crippen LogP contribution < -0.4 is 10.6 Å². The molecular formula is C16H15N5O2. The van der Waals surface area contributed by atoms with E-state index in [9.17, 15) is 4.79 Å². The van der Waals surface area contributed by atoms with Crippen LogP contribution >= 0.6 is 0 Å². The lowest BCUT2D eigenvalue weighted by molar-refractivity contribution is 0.251. The maximum absolute atomic E-state index is 12.0. The van der Waals surface area contributed by atoms with Crippen molar-refractivity contribution in [1.29, 1.82) is 0 Å². The average molecular weight is 309 g/mol. The Morgan fingerprint density at radius 2 is 2.04 bits per heavy atom. The number of pyridine rings is 1. The van der Waals surface area contributed by atoms with E-state index in [1.807, 2.05) is 24.3 Å². The zero-order valence-electron chi connectivity index (χ0n) is 12.3. The second-order valence-corrected chi connectivity index (χ2v) is 5.62. The second-order valence-electron chi connectivity index (χ2n) is 5.62. The third kappa shape index (κ3) is 3.13. The molecule has 23 heavy (non-hydrogen) atoms. The van der Waals surface area contributed by atoms with Crippen LogP contribution in [0, 0.1) is 0 Å². The smallest absolute Gasteiger partial charge is 0.320 e. The number of nitrogens with zero attached hydrogens (tertiary/aromatic N) is 3. The first kappa shape index (κ1) is 13.7. The van der Waals surface area contributed by atoms with Gasteiger partial charge in [-0.3, -0.25) is 5.32 Å². The number of anilines is 1. The molecule has 7 heteroatoms. The Morgan fingerprint density at radius 1 is 1.17 bits per heavy atom. The van der Waals surface area contributed by atoms with Crippen LogP contribution in [0.4, 0.5) is 10.6 Å².